The number of aromatic nitrogens is 3. The Morgan fingerprint density at radius 3 is 2.71 bits per heavy atom. The first-order chi connectivity index (χ1) is 15.0. The highest BCUT2D eigenvalue weighted by atomic mass is 16.5. The molecule has 7 heteroatoms. The van der Waals surface area contributed by atoms with Gasteiger partial charge in [-0.3, -0.25) is 4.79 Å². The number of ether oxygens (including phenoxy) is 1. The highest BCUT2D eigenvalue weighted by Gasteiger charge is 2.30. The van der Waals surface area contributed by atoms with Crippen LogP contribution < -0.4 is 5.32 Å². The topological polar surface area (TPSA) is 90.1 Å². The van der Waals surface area contributed by atoms with Gasteiger partial charge in [-0.15, -0.1) is 0 Å². The Hall–Kier alpha value is -2.28. The van der Waals surface area contributed by atoms with Gasteiger partial charge in [0.05, 0.1) is 23.1 Å². The van der Waals surface area contributed by atoms with Crippen LogP contribution in [0, 0.1) is 25.7 Å². The molecule has 2 atom stereocenters. The molecule has 0 radical (unpaired) electrons. The maximum Gasteiger partial charge on any atom is 0.223 e. The van der Waals surface area contributed by atoms with E-state index in [1.807, 2.05) is 26.1 Å². The van der Waals surface area contributed by atoms with Crippen LogP contribution in [-0.2, 0) is 9.53 Å². The Kier molecular flexibility index (Phi) is 7.00. The average Bonchev–Trinajstić information content (AvgIpc) is 3.23. The molecule has 4 rings (SSSR count). The molecule has 1 amide bonds. The summed E-state index contributed by atoms with van der Waals surface area (Å²) < 4.78 is 11.0. The summed E-state index contributed by atoms with van der Waals surface area (Å²) in [4.78, 5) is 21.8. The molecule has 2 aromatic heterocycles. The van der Waals surface area contributed by atoms with Crippen LogP contribution in [0.4, 0.5) is 0 Å². The van der Waals surface area contributed by atoms with Crippen molar-refractivity contribution in [2.24, 2.45) is 11.8 Å². The second-order valence-corrected chi connectivity index (χ2v) is 9.23. The van der Waals surface area contributed by atoms with Crippen LogP contribution >= 0.6 is 0 Å². The minimum atomic E-state index is 0.104. The number of nitrogens with one attached hydrogen (secondary N) is 1. The van der Waals surface area contributed by atoms with E-state index in [0.717, 1.165) is 86.4 Å². The third-order valence-corrected chi connectivity index (χ3v) is 6.96. The largest absolute Gasteiger partial charge is 0.381 e. The zero-order valence-electron chi connectivity index (χ0n) is 18.9. The molecule has 2 heterocycles. The lowest BCUT2D eigenvalue weighted by Gasteiger charge is -2.31. The van der Waals surface area contributed by atoms with Gasteiger partial charge in [0.15, 0.2) is 5.76 Å². The Labute approximate surface area is 184 Å². The minimum absolute atomic E-state index is 0.104. The zero-order valence-corrected chi connectivity index (χ0v) is 18.9. The molecule has 7 nitrogen and oxygen atoms in total. The number of amides is 1. The quantitative estimate of drug-likeness (QED) is 0.739. The lowest BCUT2D eigenvalue weighted by molar-refractivity contribution is -0.127. The van der Waals surface area contributed by atoms with E-state index >= 15 is 0 Å². The Balaban J connectivity index is 1.32. The first kappa shape index (κ1) is 21.9. The number of rotatable bonds is 6. The molecular formula is C24H34N4O3. The molecule has 0 aromatic carbocycles. The van der Waals surface area contributed by atoms with Gasteiger partial charge in [-0.2, -0.15) is 0 Å². The summed E-state index contributed by atoms with van der Waals surface area (Å²) in [6.45, 7) is 4.63. The second-order valence-electron chi connectivity index (χ2n) is 9.23. The third kappa shape index (κ3) is 5.32. The van der Waals surface area contributed by atoms with E-state index in [1.165, 1.54) is 0 Å². The summed E-state index contributed by atoms with van der Waals surface area (Å²) in [5, 5.41) is 7.25. The number of carbonyl (C=O) groups is 1. The van der Waals surface area contributed by atoms with Crippen molar-refractivity contribution in [3.8, 4) is 11.3 Å². The molecular weight excluding hydrogens is 392 g/mol. The SMILES string of the molecule is COC1CCCC(C(=O)NCC2CCC(c3nc(C)ncc3-c3cc(C)no3)CC2)C1. The van der Waals surface area contributed by atoms with Gasteiger partial charge in [0.2, 0.25) is 5.91 Å². The molecule has 0 spiro atoms. The standard InChI is InChI=1S/C24H34N4O3/c1-15-11-22(31-28-15)21-14-25-16(2)27-23(21)18-9-7-17(8-10-18)13-26-24(29)19-5-4-6-20(12-19)30-3/h11,14,17-20H,4-10,12-13H2,1-3H3,(H,26,29). The lowest BCUT2D eigenvalue weighted by Crippen LogP contribution is -2.38. The molecule has 2 aromatic rings. The van der Waals surface area contributed by atoms with Crippen molar-refractivity contribution in [3.63, 3.8) is 0 Å². The first-order valence-corrected chi connectivity index (χ1v) is 11.6. The molecule has 2 saturated carbocycles. The maximum absolute atomic E-state index is 12.6. The van der Waals surface area contributed by atoms with Crippen molar-refractivity contribution in [2.75, 3.05) is 13.7 Å². The number of nitrogens with zero attached hydrogens (tertiary/aromatic N) is 3. The number of carbonyl (C=O) groups excluding carboxylic acids is 1. The van der Waals surface area contributed by atoms with Crippen LogP contribution in [0.2, 0.25) is 0 Å². The number of aryl methyl sites for hydroxylation is 2. The van der Waals surface area contributed by atoms with Crippen LogP contribution in [0.5, 0.6) is 0 Å². The Morgan fingerprint density at radius 1 is 1.19 bits per heavy atom. The van der Waals surface area contributed by atoms with Crippen molar-refractivity contribution < 1.29 is 14.1 Å². The average molecular weight is 427 g/mol. The van der Waals surface area contributed by atoms with Crippen LogP contribution in [-0.4, -0.2) is 40.8 Å². The van der Waals surface area contributed by atoms with Crippen LogP contribution in [0.3, 0.4) is 0 Å². The fourth-order valence-corrected chi connectivity index (χ4v) is 5.11. The predicted octanol–water partition coefficient (Wildman–Crippen LogP) is 4.34. The van der Waals surface area contributed by atoms with Gasteiger partial charge in [0.1, 0.15) is 5.82 Å². The molecule has 2 fully saturated rings. The molecule has 168 valence electrons. The molecule has 2 aliphatic carbocycles. The molecule has 1 N–H and O–H groups in total. The molecule has 2 unspecified atom stereocenters. The van der Waals surface area contributed by atoms with Crippen molar-refractivity contribution in [3.05, 3.63) is 29.5 Å². The van der Waals surface area contributed by atoms with E-state index in [2.05, 4.69) is 15.5 Å². The van der Waals surface area contributed by atoms with E-state index in [-0.39, 0.29) is 17.9 Å². The highest BCUT2D eigenvalue weighted by molar-refractivity contribution is 5.78. The zero-order chi connectivity index (χ0) is 21.8. The van der Waals surface area contributed by atoms with E-state index in [0.29, 0.717) is 11.8 Å². The Morgan fingerprint density at radius 2 is 2.00 bits per heavy atom. The summed E-state index contributed by atoms with van der Waals surface area (Å²) in [6, 6.07) is 1.94. The normalized spacial score (nSPS) is 26.5. The van der Waals surface area contributed by atoms with Crippen molar-refractivity contribution in [1.29, 1.82) is 0 Å². The van der Waals surface area contributed by atoms with Gasteiger partial charge in [0, 0.05) is 37.8 Å². The monoisotopic (exact) mass is 426 g/mol. The van der Waals surface area contributed by atoms with Gasteiger partial charge in [-0.1, -0.05) is 11.6 Å². The summed E-state index contributed by atoms with van der Waals surface area (Å²) in [5.41, 5.74) is 2.88. The molecule has 0 bridgehead atoms. The fraction of sp³-hybridized carbons (Fsp3) is 0.667. The first-order valence-electron chi connectivity index (χ1n) is 11.6. The van der Waals surface area contributed by atoms with Gasteiger partial charge < -0.3 is 14.6 Å². The van der Waals surface area contributed by atoms with E-state index in [4.69, 9.17) is 14.2 Å². The summed E-state index contributed by atoms with van der Waals surface area (Å²) in [6.07, 6.45) is 10.4. The van der Waals surface area contributed by atoms with E-state index in [9.17, 15) is 4.79 Å². The summed E-state index contributed by atoms with van der Waals surface area (Å²) in [7, 11) is 1.75. The van der Waals surface area contributed by atoms with Gasteiger partial charge >= 0.3 is 0 Å². The molecule has 0 saturated heterocycles. The van der Waals surface area contributed by atoms with E-state index in [1.54, 1.807) is 7.11 Å². The number of hydrogen-bond acceptors (Lipinski definition) is 6. The van der Waals surface area contributed by atoms with E-state index < -0.39 is 0 Å². The van der Waals surface area contributed by atoms with Crippen molar-refractivity contribution in [1.82, 2.24) is 20.4 Å². The van der Waals surface area contributed by atoms with Crippen LogP contribution in [0.1, 0.15) is 74.5 Å². The number of hydrogen-bond donors (Lipinski definition) is 1. The maximum atomic E-state index is 12.6. The lowest BCUT2D eigenvalue weighted by atomic mass is 9.79. The summed E-state index contributed by atoms with van der Waals surface area (Å²) >= 11 is 0. The molecule has 2 aliphatic rings. The van der Waals surface area contributed by atoms with Crippen molar-refractivity contribution >= 4 is 5.91 Å². The van der Waals surface area contributed by atoms with Gasteiger partial charge in [-0.25, -0.2) is 9.97 Å². The molecule has 0 aliphatic heterocycles. The fourth-order valence-electron chi connectivity index (χ4n) is 5.11. The smallest absolute Gasteiger partial charge is 0.223 e. The number of methoxy groups -OCH3 is 1. The second kappa shape index (κ2) is 9.90. The predicted molar refractivity (Wildman–Crippen MR) is 117 cm³/mol. The van der Waals surface area contributed by atoms with Gasteiger partial charge in [-0.05, 0) is 64.7 Å². The molecule has 31 heavy (non-hydrogen) atoms. The van der Waals surface area contributed by atoms with Crippen LogP contribution in [0.25, 0.3) is 11.3 Å². The van der Waals surface area contributed by atoms with Crippen molar-refractivity contribution in [2.45, 2.75) is 77.2 Å². The van der Waals surface area contributed by atoms with Crippen LogP contribution in [0.15, 0.2) is 16.8 Å². The van der Waals surface area contributed by atoms with Gasteiger partial charge in [0.25, 0.3) is 0 Å². The highest BCUT2D eigenvalue weighted by Crippen LogP contribution is 2.39. The Bertz CT molecular complexity index is 889. The summed E-state index contributed by atoms with van der Waals surface area (Å²) in [5.74, 6) is 2.75. The third-order valence-electron chi connectivity index (χ3n) is 6.96. The minimum Gasteiger partial charge on any atom is -0.381 e.